The van der Waals surface area contributed by atoms with Gasteiger partial charge in [0.2, 0.25) is 0 Å². The molecule has 218 valence electrons. The molecule has 2 nitrogen and oxygen atoms in total. The first-order chi connectivity index (χ1) is 17.3. The summed E-state index contributed by atoms with van der Waals surface area (Å²) in [6.07, 6.45) is -7.73. The Morgan fingerprint density at radius 2 is 0.846 bits per heavy atom. The highest BCUT2D eigenvalue weighted by Crippen LogP contribution is 2.63. The van der Waals surface area contributed by atoms with Crippen molar-refractivity contribution in [3.05, 3.63) is 72.2 Å². The van der Waals surface area contributed by atoms with Crippen LogP contribution in [0.2, 0.25) is 0 Å². The highest BCUT2D eigenvalue weighted by molar-refractivity contribution is 7.81. The molecule has 1 N–H and O–H groups in total. The fourth-order valence-corrected chi connectivity index (χ4v) is 5.31. The smallest absolute Gasteiger partial charge is 0.460 e. The van der Waals surface area contributed by atoms with Crippen molar-refractivity contribution >= 4 is 17.8 Å². The van der Waals surface area contributed by atoms with Crippen LogP contribution in [0.4, 0.5) is 65.9 Å². The lowest BCUT2D eigenvalue weighted by Gasteiger charge is -2.41. The van der Waals surface area contributed by atoms with Crippen molar-refractivity contribution in [2.24, 2.45) is 0 Å². The van der Waals surface area contributed by atoms with E-state index in [0.29, 0.717) is 0 Å². The molecule has 0 aliphatic heterocycles. The molecule has 2 rings (SSSR count). The Balaban J connectivity index is 2.74. The number of hydrogen-bond acceptors (Lipinski definition) is 2. The predicted molar refractivity (Wildman–Crippen MR) is 106 cm³/mol. The van der Waals surface area contributed by atoms with Gasteiger partial charge >= 0.3 is 41.7 Å². The molecule has 0 fully saturated rings. The summed E-state index contributed by atoms with van der Waals surface area (Å²) in [7, 11) is -4.90. The molecule has 0 radical (unpaired) electrons. The monoisotopic (exact) mass is 612 g/mol. The van der Waals surface area contributed by atoms with Crippen molar-refractivity contribution in [3.63, 3.8) is 0 Å². The van der Waals surface area contributed by atoms with E-state index in [1.54, 1.807) is 0 Å². The van der Waals surface area contributed by atoms with Crippen molar-refractivity contribution in [2.75, 3.05) is 0 Å². The van der Waals surface area contributed by atoms with Gasteiger partial charge in [0, 0.05) is 16.4 Å². The maximum Gasteiger partial charge on any atom is 0.460 e. The molecule has 2 aromatic carbocycles. The van der Waals surface area contributed by atoms with Crippen LogP contribution in [0.15, 0.2) is 72.2 Å². The SMILES string of the molecule is O=P(/C=C(\O)C(F)(F)C(F)(F)C(F)(F)C(F)(F)C(F)(F)C(F)(F)C(F)(F)F)(c1ccccc1)c1ccccc1. The predicted octanol–water partition coefficient (Wildman–Crippen LogP) is 7.77. The molecule has 18 heteroatoms. The van der Waals surface area contributed by atoms with E-state index >= 15 is 0 Å². The summed E-state index contributed by atoms with van der Waals surface area (Å²) in [6, 6.07) is 10.6. The van der Waals surface area contributed by atoms with E-state index in [1.165, 1.54) is 12.1 Å². The largest absolute Gasteiger partial charge is 0.506 e. The van der Waals surface area contributed by atoms with E-state index in [0.717, 1.165) is 48.5 Å². The summed E-state index contributed by atoms with van der Waals surface area (Å²) < 4.78 is 215. The third-order valence-electron chi connectivity index (χ3n) is 5.23. The number of aliphatic hydroxyl groups is 1. The van der Waals surface area contributed by atoms with Gasteiger partial charge in [0.15, 0.2) is 12.9 Å². The van der Waals surface area contributed by atoms with Crippen LogP contribution in [0.1, 0.15) is 0 Å². The zero-order valence-corrected chi connectivity index (χ0v) is 19.2. The first-order valence-electron chi connectivity index (χ1n) is 9.81. The second kappa shape index (κ2) is 9.66. The Bertz CT molecular complexity index is 1200. The highest BCUT2D eigenvalue weighted by Gasteiger charge is 2.93. The Kier molecular flexibility index (Phi) is 8.02. The topological polar surface area (TPSA) is 37.3 Å². The zero-order chi connectivity index (χ0) is 30.5. The van der Waals surface area contributed by atoms with Gasteiger partial charge in [-0.3, -0.25) is 0 Å². The van der Waals surface area contributed by atoms with Gasteiger partial charge < -0.3 is 9.67 Å². The van der Waals surface area contributed by atoms with Crippen LogP contribution in [-0.2, 0) is 4.57 Å². The Hall–Kier alpha value is -2.84. The molecular weight excluding hydrogens is 600 g/mol. The summed E-state index contributed by atoms with van der Waals surface area (Å²) in [5.41, 5.74) is 0. The van der Waals surface area contributed by atoms with Gasteiger partial charge in [-0.2, -0.15) is 65.9 Å². The molecule has 0 saturated carbocycles. The van der Waals surface area contributed by atoms with Gasteiger partial charge in [-0.15, -0.1) is 0 Å². The van der Waals surface area contributed by atoms with Crippen LogP contribution in [0, 0.1) is 0 Å². The first kappa shape index (κ1) is 32.4. The summed E-state index contributed by atoms with van der Waals surface area (Å²) in [4.78, 5) is 0. The Morgan fingerprint density at radius 1 is 0.538 bits per heavy atom. The van der Waals surface area contributed by atoms with Crippen LogP contribution in [-0.4, -0.2) is 46.8 Å². The van der Waals surface area contributed by atoms with Crippen LogP contribution in [0.3, 0.4) is 0 Å². The molecule has 0 unspecified atom stereocenters. The minimum Gasteiger partial charge on any atom is -0.506 e. The summed E-state index contributed by atoms with van der Waals surface area (Å²) in [5.74, 6) is -52.5. The van der Waals surface area contributed by atoms with Crippen LogP contribution in [0.25, 0.3) is 0 Å². The van der Waals surface area contributed by atoms with Gasteiger partial charge in [-0.25, -0.2) is 0 Å². The number of alkyl halides is 15. The van der Waals surface area contributed by atoms with Gasteiger partial charge in [0.1, 0.15) is 0 Å². The van der Waals surface area contributed by atoms with E-state index in [2.05, 4.69) is 0 Å². The molecule has 0 aliphatic carbocycles. The van der Waals surface area contributed by atoms with Gasteiger partial charge in [0.25, 0.3) is 0 Å². The standard InChI is InChI=1S/C21H12F15O2P/c22-15(23,14(37)11-39(38,12-7-3-1-4-8-12)13-9-5-2-6-10-13)16(24,25)17(26,27)18(28,29)19(30,31)20(32,33)21(34,35)36/h1-11,37H/b14-11-. The van der Waals surface area contributed by atoms with Crippen molar-refractivity contribution < 1.29 is 75.5 Å². The number of rotatable bonds is 9. The van der Waals surface area contributed by atoms with Crippen LogP contribution >= 0.6 is 7.14 Å². The number of benzene rings is 2. The Labute approximate surface area is 208 Å². The first-order valence-corrected chi connectivity index (χ1v) is 11.6. The number of allylic oxidation sites excluding steroid dienone is 1. The van der Waals surface area contributed by atoms with Crippen molar-refractivity contribution in [1.29, 1.82) is 0 Å². The minimum atomic E-state index is -8.51. The average molecular weight is 612 g/mol. The van der Waals surface area contributed by atoms with Crippen molar-refractivity contribution in [1.82, 2.24) is 0 Å². The zero-order valence-electron chi connectivity index (χ0n) is 18.3. The lowest BCUT2D eigenvalue weighted by Crippen LogP contribution is -2.72. The highest BCUT2D eigenvalue weighted by atomic mass is 31.2. The van der Waals surface area contributed by atoms with E-state index in [4.69, 9.17) is 0 Å². The van der Waals surface area contributed by atoms with E-state index in [1.807, 2.05) is 0 Å². The molecule has 0 bridgehead atoms. The summed E-state index contributed by atoms with van der Waals surface area (Å²) in [6.45, 7) is 0. The number of hydrogen-bond donors (Lipinski definition) is 1. The molecule has 0 atom stereocenters. The normalized spacial score (nSPS) is 15.4. The number of halogens is 15. The van der Waals surface area contributed by atoms with E-state index in [9.17, 15) is 75.5 Å². The summed E-state index contributed by atoms with van der Waals surface area (Å²) >= 11 is 0. The van der Waals surface area contributed by atoms with E-state index in [-0.39, 0.29) is 0 Å². The van der Waals surface area contributed by atoms with Gasteiger partial charge in [-0.05, 0) is 0 Å². The molecule has 0 aromatic heterocycles. The van der Waals surface area contributed by atoms with Crippen LogP contribution < -0.4 is 10.6 Å². The average Bonchev–Trinajstić information content (AvgIpc) is 2.83. The molecular formula is C21H12F15O2P. The maximum atomic E-state index is 14.4. The molecule has 39 heavy (non-hydrogen) atoms. The minimum absolute atomic E-state index is 0.532. The lowest BCUT2D eigenvalue weighted by atomic mass is 9.90. The fourth-order valence-electron chi connectivity index (χ4n) is 2.98. The third-order valence-corrected chi connectivity index (χ3v) is 7.97. The van der Waals surface area contributed by atoms with E-state index < -0.39 is 71.0 Å². The molecule has 0 spiro atoms. The number of aliphatic hydroxyl groups excluding tert-OH is 1. The molecule has 0 heterocycles. The fraction of sp³-hybridized carbons (Fsp3) is 0.333. The van der Waals surface area contributed by atoms with Gasteiger partial charge in [0.05, 0.1) is 0 Å². The van der Waals surface area contributed by atoms with Crippen LogP contribution in [0.5, 0.6) is 0 Å². The van der Waals surface area contributed by atoms with Crippen molar-refractivity contribution in [2.45, 2.75) is 41.7 Å². The lowest BCUT2D eigenvalue weighted by molar-refractivity contribution is -0.451. The Morgan fingerprint density at radius 3 is 1.18 bits per heavy atom. The third kappa shape index (κ3) is 4.76. The molecule has 2 aromatic rings. The summed E-state index contributed by atoms with van der Waals surface area (Å²) in [5, 5.41) is 8.59. The molecule has 0 amide bonds. The van der Waals surface area contributed by atoms with Crippen molar-refractivity contribution in [3.8, 4) is 0 Å². The maximum absolute atomic E-state index is 14.4. The second-order valence-corrected chi connectivity index (χ2v) is 10.4. The van der Waals surface area contributed by atoms with Gasteiger partial charge in [-0.1, -0.05) is 60.7 Å². The quantitative estimate of drug-likeness (QED) is 0.179. The molecule has 0 aliphatic rings. The second-order valence-electron chi connectivity index (χ2n) is 7.79. The molecule has 0 saturated heterocycles.